The first-order valence-electron chi connectivity index (χ1n) is 4.14. The van der Waals surface area contributed by atoms with Crippen LogP contribution in [0, 0.1) is 11.8 Å². The van der Waals surface area contributed by atoms with Crippen molar-refractivity contribution in [3.63, 3.8) is 0 Å². The molecule has 0 saturated heterocycles. The summed E-state index contributed by atoms with van der Waals surface area (Å²) >= 11 is 8.26. The van der Waals surface area contributed by atoms with Gasteiger partial charge in [0, 0.05) is 5.56 Å². The zero-order chi connectivity index (χ0) is 10.7. The highest BCUT2D eigenvalue weighted by atomic mass is 79.9. The van der Waals surface area contributed by atoms with Crippen molar-refractivity contribution in [2.45, 2.75) is 0 Å². The molecule has 0 bridgehead atoms. The summed E-state index contributed by atoms with van der Waals surface area (Å²) in [5.74, 6) is 6.08. The van der Waals surface area contributed by atoms with Gasteiger partial charge in [0.25, 0.3) is 0 Å². The van der Waals surface area contributed by atoms with Gasteiger partial charge in [-0.1, -0.05) is 35.5 Å². The number of hydrogen-bond acceptors (Lipinski definition) is 2. The summed E-state index contributed by atoms with van der Waals surface area (Å²) in [4.78, 5) is 4.24. The Kier molecular flexibility index (Phi) is 3.57. The third-order valence-corrected chi connectivity index (χ3v) is 3.82. The Morgan fingerprint density at radius 1 is 1.07 bits per heavy atom. The van der Waals surface area contributed by atoms with Crippen molar-refractivity contribution in [3.8, 4) is 11.8 Å². The lowest BCUT2D eigenvalue weighted by atomic mass is 10.2. The molecular weight excluding hydrogens is 338 g/mol. The van der Waals surface area contributed by atoms with Gasteiger partial charge in [0.2, 0.25) is 0 Å². The molecule has 0 spiro atoms. The van der Waals surface area contributed by atoms with Crippen LogP contribution in [0.2, 0.25) is 0 Å². The van der Waals surface area contributed by atoms with Gasteiger partial charge in [0.15, 0.2) is 3.92 Å². The largest absolute Gasteiger partial charge is 0.219 e. The van der Waals surface area contributed by atoms with Gasteiger partial charge in [0.1, 0.15) is 9.48 Å². The summed E-state index contributed by atoms with van der Waals surface area (Å²) < 4.78 is 1.80. The minimum Gasteiger partial charge on any atom is -0.219 e. The number of rotatable bonds is 0. The first-order valence-corrected chi connectivity index (χ1v) is 6.55. The molecule has 0 unspecified atom stereocenters. The Bertz CT molecular complexity index is 523. The fourth-order valence-electron chi connectivity index (χ4n) is 1.01. The summed E-state index contributed by atoms with van der Waals surface area (Å²) in [6.07, 6.45) is 0. The van der Waals surface area contributed by atoms with Crippen LogP contribution >= 0.6 is 43.2 Å². The normalized spacial score (nSPS) is 9.47. The van der Waals surface area contributed by atoms with Crippen LogP contribution in [0.15, 0.2) is 38.0 Å². The number of aromatic nitrogens is 1. The van der Waals surface area contributed by atoms with E-state index in [1.807, 2.05) is 30.3 Å². The van der Waals surface area contributed by atoms with E-state index in [9.17, 15) is 0 Å². The monoisotopic (exact) mass is 341 g/mol. The second-order valence-corrected chi connectivity index (χ2v) is 6.30. The lowest BCUT2D eigenvalue weighted by Gasteiger charge is -1.85. The molecule has 0 amide bonds. The maximum absolute atomic E-state index is 4.24. The second-order valence-electron chi connectivity index (χ2n) is 2.71. The first kappa shape index (κ1) is 10.9. The van der Waals surface area contributed by atoms with E-state index < -0.39 is 0 Å². The number of thiazole rings is 1. The van der Waals surface area contributed by atoms with Gasteiger partial charge in [-0.25, -0.2) is 4.98 Å². The summed E-state index contributed by atoms with van der Waals surface area (Å²) in [5.41, 5.74) is 1.77. The third-order valence-electron chi connectivity index (χ3n) is 1.66. The van der Waals surface area contributed by atoms with Crippen molar-refractivity contribution in [1.82, 2.24) is 4.98 Å². The molecule has 0 radical (unpaired) electrons. The Hall–Kier alpha value is -0.630. The number of nitrogens with zero attached hydrogens (tertiary/aromatic N) is 1. The molecule has 0 aliphatic heterocycles. The SMILES string of the molecule is Brc1nc(C#Cc2ccccc2)c(Br)s1. The van der Waals surface area contributed by atoms with Crippen molar-refractivity contribution < 1.29 is 0 Å². The van der Waals surface area contributed by atoms with Crippen molar-refractivity contribution in [2.75, 3.05) is 0 Å². The van der Waals surface area contributed by atoms with Gasteiger partial charge in [-0.3, -0.25) is 0 Å². The number of benzene rings is 1. The fraction of sp³-hybridized carbons (Fsp3) is 0. The summed E-state index contributed by atoms with van der Waals surface area (Å²) in [6.45, 7) is 0. The maximum atomic E-state index is 4.24. The number of halogens is 2. The van der Waals surface area contributed by atoms with Crippen LogP contribution in [-0.4, -0.2) is 4.98 Å². The molecule has 0 aliphatic carbocycles. The van der Waals surface area contributed by atoms with Crippen molar-refractivity contribution >= 4 is 43.2 Å². The molecule has 2 aromatic rings. The summed E-state index contributed by atoms with van der Waals surface area (Å²) in [7, 11) is 0. The molecule has 1 aromatic heterocycles. The van der Waals surface area contributed by atoms with E-state index >= 15 is 0 Å². The van der Waals surface area contributed by atoms with E-state index in [1.165, 1.54) is 11.3 Å². The fourth-order valence-corrected chi connectivity index (χ4v) is 3.45. The highest BCUT2D eigenvalue weighted by molar-refractivity contribution is 9.12. The zero-order valence-electron chi connectivity index (χ0n) is 7.50. The second kappa shape index (κ2) is 4.93. The predicted octanol–water partition coefficient (Wildman–Crippen LogP) is 4.07. The topological polar surface area (TPSA) is 12.9 Å². The Morgan fingerprint density at radius 3 is 2.40 bits per heavy atom. The van der Waals surface area contributed by atoms with Crippen molar-refractivity contribution in [2.24, 2.45) is 0 Å². The minimum absolute atomic E-state index is 0.774. The molecule has 1 heterocycles. The first-order chi connectivity index (χ1) is 7.25. The molecule has 0 fully saturated rings. The van der Waals surface area contributed by atoms with E-state index in [2.05, 4.69) is 48.7 Å². The van der Waals surface area contributed by atoms with E-state index in [0.717, 1.165) is 19.0 Å². The van der Waals surface area contributed by atoms with Crippen LogP contribution in [-0.2, 0) is 0 Å². The predicted molar refractivity (Wildman–Crippen MR) is 69.9 cm³/mol. The number of hydrogen-bond donors (Lipinski definition) is 0. The average Bonchev–Trinajstić information content (AvgIpc) is 2.56. The molecule has 4 heteroatoms. The third kappa shape index (κ3) is 2.91. The van der Waals surface area contributed by atoms with E-state index in [1.54, 1.807) is 0 Å². The molecule has 74 valence electrons. The van der Waals surface area contributed by atoms with Crippen molar-refractivity contribution in [1.29, 1.82) is 0 Å². The molecule has 0 aliphatic rings. The summed E-state index contributed by atoms with van der Waals surface area (Å²) in [5, 5.41) is 0. The quantitative estimate of drug-likeness (QED) is 0.658. The Balaban J connectivity index is 2.30. The van der Waals surface area contributed by atoms with E-state index in [4.69, 9.17) is 0 Å². The maximum Gasteiger partial charge on any atom is 0.161 e. The highest BCUT2D eigenvalue weighted by Crippen LogP contribution is 2.27. The van der Waals surface area contributed by atoms with E-state index in [-0.39, 0.29) is 0 Å². The Morgan fingerprint density at radius 2 is 1.80 bits per heavy atom. The highest BCUT2D eigenvalue weighted by Gasteiger charge is 2.03. The zero-order valence-corrected chi connectivity index (χ0v) is 11.5. The van der Waals surface area contributed by atoms with E-state index in [0.29, 0.717) is 0 Å². The minimum atomic E-state index is 0.774. The Labute approximate surface area is 109 Å². The van der Waals surface area contributed by atoms with Gasteiger partial charge < -0.3 is 0 Å². The van der Waals surface area contributed by atoms with Crippen molar-refractivity contribution in [3.05, 3.63) is 49.3 Å². The van der Waals surface area contributed by atoms with Crippen LogP contribution in [0.3, 0.4) is 0 Å². The lowest BCUT2D eigenvalue weighted by molar-refractivity contribution is 1.33. The van der Waals surface area contributed by atoms with Gasteiger partial charge >= 0.3 is 0 Å². The summed E-state index contributed by atoms with van der Waals surface area (Å²) in [6, 6.07) is 9.86. The molecule has 1 aromatic carbocycles. The molecule has 2 rings (SSSR count). The molecule has 1 nitrogen and oxygen atoms in total. The van der Waals surface area contributed by atoms with Crippen LogP contribution in [0.25, 0.3) is 0 Å². The molecule has 0 atom stereocenters. The lowest BCUT2D eigenvalue weighted by Crippen LogP contribution is -1.75. The molecule has 0 saturated carbocycles. The average molecular weight is 343 g/mol. The van der Waals surface area contributed by atoms with Crippen LogP contribution in [0.1, 0.15) is 11.3 Å². The van der Waals surface area contributed by atoms with Crippen LogP contribution in [0.4, 0.5) is 0 Å². The van der Waals surface area contributed by atoms with Crippen LogP contribution < -0.4 is 0 Å². The molecule has 15 heavy (non-hydrogen) atoms. The van der Waals surface area contributed by atoms with Gasteiger partial charge in [0.05, 0.1) is 0 Å². The van der Waals surface area contributed by atoms with Gasteiger partial charge in [-0.15, -0.1) is 0 Å². The van der Waals surface area contributed by atoms with Gasteiger partial charge in [-0.2, -0.15) is 0 Å². The van der Waals surface area contributed by atoms with Gasteiger partial charge in [-0.05, 0) is 49.9 Å². The standard InChI is InChI=1S/C11H5Br2NS/c12-10-9(14-11(13)15-10)7-6-8-4-2-1-3-5-8/h1-5H. The van der Waals surface area contributed by atoms with Crippen LogP contribution in [0.5, 0.6) is 0 Å². The smallest absolute Gasteiger partial charge is 0.161 e. The molecular formula is C11H5Br2NS. The molecule has 0 N–H and O–H groups in total.